The van der Waals surface area contributed by atoms with E-state index in [1.807, 2.05) is 31.2 Å². The van der Waals surface area contributed by atoms with Crippen LogP contribution in [-0.4, -0.2) is 36.5 Å². The number of tetrazole rings is 1. The summed E-state index contributed by atoms with van der Waals surface area (Å²) in [4.78, 5) is 21.4. The molecule has 1 amide bonds. The van der Waals surface area contributed by atoms with Crippen molar-refractivity contribution >= 4 is 5.91 Å². The highest BCUT2D eigenvalue weighted by atomic mass is 16.1. The number of aromatic amines is 1. The van der Waals surface area contributed by atoms with Gasteiger partial charge < -0.3 is 5.32 Å². The predicted octanol–water partition coefficient (Wildman–Crippen LogP) is 1.85. The number of hydrogen-bond acceptors (Lipinski definition) is 6. The van der Waals surface area contributed by atoms with Crippen LogP contribution in [0.2, 0.25) is 0 Å². The zero-order chi connectivity index (χ0) is 17.6. The standard InChI is InChI=1S/C17H19N7O/c1-3-5-15-19-11(2)8-14(20-15)12-6-4-7-13(9-12)17(25)18-10-16-21-23-24-22-16/h4,6-9H,3,5,10H2,1-2H3,(H,18,25)(H,21,22,23,24). The van der Waals surface area contributed by atoms with Crippen LogP contribution in [0.5, 0.6) is 0 Å². The van der Waals surface area contributed by atoms with Gasteiger partial charge in [0.05, 0.1) is 12.2 Å². The van der Waals surface area contributed by atoms with E-state index in [4.69, 9.17) is 0 Å². The van der Waals surface area contributed by atoms with Crippen LogP contribution in [0.15, 0.2) is 30.3 Å². The van der Waals surface area contributed by atoms with E-state index >= 15 is 0 Å². The van der Waals surface area contributed by atoms with Gasteiger partial charge in [-0.15, -0.1) is 10.2 Å². The van der Waals surface area contributed by atoms with E-state index in [-0.39, 0.29) is 12.5 Å². The number of H-pyrrole nitrogens is 1. The van der Waals surface area contributed by atoms with Crippen LogP contribution in [0.3, 0.4) is 0 Å². The van der Waals surface area contributed by atoms with E-state index in [0.717, 1.165) is 35.6 Å². The minimum absolute atomic E-state index is 0.203. The van der Waals surface area contributed by atoms with Gasteiger partial charge in [-0.25, -0.2) is 9.97 Å². The molecule has 1 aromatic carbocycles. The fourth-order valence-corrected chi connectivity index (χ4v) is 2.45. The molecule has 0 spiro atoms. The minimum atomic E-state index is -0.203. The van der Waals surface area contributed by atoms with Gasteiger partial charge in [-0.05, 0) is 31.5 Å². The van der Waals surface area contributed by atoms with Crippen LogP contribution in [0.4, 0.5) is 0 Å². The molecule has 8 heteroatoms. The van der Waals surface area contributed by atoms with Crippen LogP contribution in [0.1, 0.15) is 41.0 Å². The van der Waals surface area contributed by atoms with Crippen molar-refractivity contribution in [3.05, 3.63) is 53.2 Å². The Balaban J connectivity index is 1.80. The molecule has 128 valence electrons. The number of nitrogens with zero attached hydrogens (tertiary/aromatic N) is 5. The zero-order valence-electron chi connectivity index (χ0n) is 14.2. The number of aryl methyl sites for hydroxylation is 2. The lowest BCUT2D eigenvalue weighted by atomic mass is 10.1. The first-order valence-corrected chi connectivity index (χ1v) is 8.11. The van der Waals surface area contributed by atoms with Crippen LogP contribution < -0.4 is 5.32 Å². The quantitative estimate of drug-likeness (QED) is 0.710. The number of nitrogens with one attached hydrogen (secondary N) is 2. The Bertz CT molecular complexity index is 861. The number of benzene rings is 1. The van der Waals surface area contributed by atoms with Crippen LogP contribution in [0.25, 0.3) is 11.3 Å². The average Bonchev–Trinajstić information content (AvgIpc) is 3.13. The summed E-state index contributed by atoms with van der Waals surface area (Å²) in [6.45, 7) is 4.26. The van der Waals surface area contributed by atoms with Gasteiger partial charge in [-0.1, -0.05) is 24.3 Å². The first kappa shape index (κ1) is 16.7. The van der Waals surface area contributed by atoms with E-state index in [1.54, 1.807) is 6.07 Å². The van der Waals surface area contributed by atoms with Gasteiger partial charge in [0.15, 0.2) is 5.82 Å². The molecule has 3 rings (SSSR count). The van der Waals surface area contributed by atoms with Gasteiger partial charge in [0.1, 0.15) is 5.82 Å². The average molecular weight is 337 g/mol. The lowest BCUT2D eigenvalue weighted by molar-refractivity contribution is 0.0950. The van der Waals surface area contributed by atoms with Crippen molar-refractivity contribution in [2.24, 2.45) is 0 Å². The highest BCUT2D eigenvalue weighted by Crippen LogP contribution is 2.20. The third-order valence-corrected chi connectivity index (χ3v) is 3.59. The molecule has 0 unspecified atom stereocenters. The largest absolute Gasteiger partial charge is 0.345 e. The maximum atomic E-state index is 12.3. The van der Waals surface area contributed by atoms with E-state index in [1.165, 1.54) is 0 Å². The molecular formula is C17H19N7O. The molecule has 2 heterocycles. The van der Waals surface area contributed by atoms with Crippen LogP contribution in [0, 0.1) is 6.92 Å². The molecule has 3 aromatic rings. The Kier molecular flexibility index (Phi) is 5.08. The maximum absolute atomic E-state index is 12.3. The van der Waals surface area contributed by atoms with Crippen LogP contribution >= 0.6 is 0 Å². The predicted molar refractivity (Wildman–Crippen MR) is 91.5 cm³/mol. The molecule has 0 saturated heterocycles. The number of aromatic nitrogens is 6. The number of hydrogen-bond donors (Lipinski definition) is 2. The first-order chi connectivity index (χ1) is 12.2. The lowest BCUT2D eigenvalue weighted by Gasteiger charge is -2.08. The third-order valence-electron chi connectivity index (χ3n) is 3.59. The number of rotatable bonds is 6. The Morgan fingerprint density at radius 2 is 2.08 bits per heavy atom. The van der Waals surface area contributed by atoms with Gasteiger partial charge in [-0.2, -0.15) is 5.21 Å². The Morgan fingerprint density at radius 1 is 1.20 bits per heavy atom. The topological polar surface area (TPSA) is 109 Å². The van der Waals surface area contributed by atoms with E-state index < -0.39 is 0 Å². The van der Waals surface area contributed by atoms with E-state index in [9.17, 15) is 4.79 Å². The Labute approximate surface area is 145 Å². The third kappa shape index (κ3) is 4.23. The van der Waals surface area contributed by atoms with Crippen molar-refractivity contribution < 1.29 is 4.79 Å². The number of carbonyl (C=O) groups excluding carboxylic acids is 1. The fraction of sp³-hybridized carbons (Fsp3) is 0.294. The molecule has 25 heavy (non-hydrogen) atoms. The van der Waals surface area contributed by atoms with Gasteiger partial charge >= 0.3 is 0 Å². The second-order valence-electron chi connectivity index (χ2n) is 5.65. The summed E-state index contributed by atoms with van der Waals surface area (Å²) in [5, 5.41) is 16.2. The summed E-state index contributed by atoms with van der Waals surface area (Å²) >= 11 is 0. The second-order valence-corrected chi connectivity index (χ2v) is 5.65. The summed E-state index contributed by atoms with van der Waals surface area (Å²) in [5.74, 6) is 1.05. The zero-order valence-corrected chi connectivity index (χ0v) is 14.2. The minimum Gasteiger partial charge on any atom is -0.345 e. The molecule has 2 N–H and O–H groups in total. The molecule has 0 aliphatic carbocycles. The van der Waals surface area contributed by atoms with Crippen molar-refractivity contribution in [1.29, 1.82) is 0 Å². The van der Waals surface area contributed by atoms with Gasteiger partial charge in [0.25, 0.3) is 5.91 Å². The van der Waals surface area contributed by atoms with Crippen molar-refractivity contribution in [2.45, 2.75) is 33.2 Å². The highest BCUT2D eigenvalue weighted by Gasteiger charge is 2.10. The summed E-state index contributed by atoms with van der Waals surface area (Å²) in [5.41, 5.74) is 3.17. The molecule has 2 aromatic heterocycles. The smallest absolute Gasteiger partial charge is 0.251 e. The van der Waals surface area contributed by atoms with Crippen molar-refractivity contribution in [3.63, 3.8) is 0 Å². The molecular weight excluding hydrogens is 318 g/mol. The van der Waals surface area contributed by atoms with Gasteiger partial charge in [0, 0.05) is 23.2 Å². The monoisotopic (exact) mass is 337 g/mol. The van der Waals surface area contributed by atoms with Gasteiger partial charge in [-0.3, -0.25) is 4.79 Å². The summed E-state index contributed by atoms with van der Waals surface area (Å²) in [6, 6.07) is 9.29. The lowest BCUT2D eigenvalue weighted by Crippen LogP contribution is -2.23. The summed E-state index contributed by atoms with van der Waals surface area (Å²) in [6.07, 6.45) is 1.82. The summed E-state index contributed by atoms with van der Waals surface area (Å²) < 4.78 is 0. The second kappa shape index (κ2) is 7.61. The Morgan fingerprint density at radius 3 is 2.84 bits per heavy atom. The molecule has 0 fully saturated rings. The number of carbonyl (C=O) groups is 1. The van der Waals surface area contributed by atoms with E-state index in [0.29, 0.717) is 11.4 Å². The molecule has 8 nitrogen and oxygen atoms in total. The van der Waals surface area contributed by atoms with Crippen molar-refractivity contribution in [1.82, 2.24) is 35.9 Å². The highest BCUT2D eigenvalue weighted by molar-refractivity contribution is 5.95. The molecule has 0 atom stereocenters. The fourth-order valence-electron chi connectivity index (χ4n) is 2.45. The molecule has 0 saturated carbocycles. The molecule has 0 radical (unpaired) electrons. The van der Waals surface area contributed by atoms with E-state index in [2.05, 4.69) is 42.8 Å². The van der Waals surface area contributed by atoms with Crippen LogP contribution in [-0.2, 0) is 13.0 Å². The van der Waals surface area contributed by atoms with Crippen molar-refractivity contribution in [2.75, 3.05) is 0 Å². The first-order valence-electron chi connectivity index (χ1n) is 8.11. The van der Waals surface area contributed by atoms with Gasteiger partial charge in [0.2, 0.25) is 0 Å². The number of amides is 1. The Hall–Kier alpha value is -3.16. The van der Waals surface area contributed by atoms with Crippen molar-refractivity contribution in [3.8, 4) is 11.3 Å². The molecule has 0 aliphatic heterocycles. The normalized spacial score (nSPS) is 10.6. The molecule has 0 bridgehead atoms. The SMILES string of the molecule is CCCc1nc(C)cc(-c2cccc(C(=O)NCc3nn[nH]n3)c2)n1. The summed E-state index contributed by atoms with van der Waals surface area (Å²) in [7, 11) is 0. The molecule has 0 aliphatic rings. The maximum Gasteiger partial charge on any atom is 0.251 e.